The van der Waals surface area contributed by atoms with Crippen molar-refractivity contribution in [2.45, 2.75) is 44.9 Å². The number of carbonyl (C=O) groups excluding carboxylic acids is 2. The number of aromatic amines is 1. The number of fused-ring (bicyclic) bond motifs is 1. The van der Waals surface area contributed by atoms with Gasteiger partial charge in [-0.05, 0) is 38.3 Å². The maximum Gasteiger partial charge on any atom is 0.408 e. The van der Waals surface area contributed by atoms with E-state index in [9.17, 15) is 22.8 Å². The summed E-state index contributed by atoms with van der Waals surface area (Å²) in [6.45, 7) is 3.50. The Morgan fingerprint density at radius 2 is 2.05 bits per heavy atom. The standard InChI is InChI=1S/C25H27F3N8O3S/c1-13-6-7-16-15(9-30-33-16)20(13)31-22(37)18-10-29-24(40-18)32-21-14(2)11-36(34-21)17(12-39-3)23(38)35-8-4-5-19(35)25(26,27)28/h6-7,9-11,17,19H,4-5,8,12H2,1-3H3,(H,30,33)(H,31,37)(H,29,32,34)/t17?,19-/m0/s1. The van der Waals surface area contributed by atoms with Crippen LogP contribution in [-0.2, 0) is 9.53 Å². The van der Waals surface area contributed by atoms with E-state index in [2.05, 4.69) is 30.9 Å². The molecule has 1 unspecified atom stereocenters. The maximum atomic E-state index is 13.5. The zero-order valence-electron chi connectivity index (χ0n) is 21.9. The molecule has 2 atom stereocenters. The molecular formula is C25H27F3N8O3S. The predicted molar refractivity (Wildman–Crippen MR) is 143 cm³/mol. The normalized spacial score (nSPS) is 16.4. The first-order valence-corrected chi connectivity index (χ1v) is 13.3. The molecule has 1 aliphatic heterocycles. The number of nitrogens with one attached hydrogen (secondary N) is 3. The number of amides is 2. The number of benzene rings is 1. The van der Waals surface area contributed by atoms with Crippen molar-refractivity contribution >= 4 is 50.7 Å². The number of aryl methyl sites for hydroxylation is 2. The van der Waals surface area contributed by atoms with Crippen LogP contribution in [0.15, 0.2) is 30.7 Å². The first-order chi connectivity index (χ1) is 19.1. The molecule has 212 valence electrons. The molecule has 1 fully saturated rings. The van der Waals surface area contributed by atoms with Crippen molar-refractivity contribution in [3.05, 3.63) is 46.7 Å². The maximum absolute atomic E-state index is 13.5. The lowest BCUT2D eigenvalue weighted by molar-refractivity contribution is -0.184. The molecule has 40 heavy (non-hydrogen) atoms. The highest BCUT2D eigenvalue weighted by atomic mass is 32.1. The molecule has 3 N–H and O–H groups in total. The highest BCUT2D eigenvalue weighted by molar-refractivity contribution is 7.17. The van der Waals surface area contributed by atoms with Gasteiger partial charge in [0, 0.05) is 30.8 Å². The van der Waals surface area contributed by atoms with E-state index in [0.717, 1.165) is 32.7 Å². The van der Waals surface area contributed by atoms with Gasteiger partial charge in [-0.1, -0.05) is 17.4 Å². The van der Waals surface area contributed by atoms with E-state index < -0.39 is 24.2 Å². The molecule has 11 nitrogen and oxygen atoms in total. The fourth-order valence-electron chi connectivity index (χ4n) is 4.75. The third-order valence-corrected chi connectivity index (χ3v) is 7.69. The molecule has 0 radical (unpaired) electrons. The van der Waals surface area contributed by atoms with Crippen molar-refractivity contribution in [3.8, 4) is 0 Å². The minimum absolute atomic E-state index is 0.0210. The summed E-state index contributed by atoms with van der Waals surface area (Å²) >= 11 is 1.10. The highest BCUT2D eigenvalue weighted by Gasteiger charge is 2.49. The fraction of sp³-hybridized carbons (Fsp3) is 0.400. The number of thiazole rings is 1. The van der Waals surface area contributed by atoms with Gasteiger partial charge in [0.25, 0.3) is 5.91 Å². The average molecular weight is 577 g/mol. The molecule has 4 aromatic rings. The topological polar surface area (TPSA) is 130 Å². The summed E-state index contributed by atoms with van der Waals surface area (Å²) in [5.74, 6) is -0.699. The van der Waals surface area contributed by atoms with Gasteiger partial charge in [-0.3, -0.25) is 19.4 Å². The van der Waals surface area contributed by atoms with Gasteiger partial charge < -0.3 is 20.3 Å². The van der Waals surface area contributed by atoms with Crippen LogP contribution in [0.25, 0.3) is 10.9 Å². The highest BCUT2D eigenvalue weighted by Crippen LogP contribution is 2.34. The summed E-state index contributed by atoms with van der Waals surface area (Å²) in [5, 5.41) is 18.4. The van der Waals surface area contributed by atoms with E-state index in [-0.39, 0.29) is 31.9 Å². The van der Waals surface area contributed by atoms with Gasteiger partial charge in [-0.15, -0.1) is 0 Å². The zero-order chi connectivity index (χ0) is 28.6. The van der Waals surface area contributed by atoms with E-state index >= 15 is 0 Å². The molecule has 1 aromatic carbocycles. The number of halogens is 3. The van der Waals surface area contributed by atoms with Crippen molar-refractivity contribution in [1.29, 1.82) is 0 Å². The van der Waals surface area contributed by atoms with Crippen LogP contribution in [0, 0.1) is 13.8 Å². The largest absolute Gasteiger partial charge is 0.408 e. The van der Waals surface area contributed by atoms with E-state index in [1.165, 1.54) is 18.0 Å². The zero-order valence-corrected chi connectivity index (χ0v) is 22.7. The lowest BCUT2D eigenvalue weighted by Crippen LogP contribution is -2.48. The van der Waals surface area contributed by atoms with Gasteiger partial charge in [0.15, 0.2) is 17.0 Å². The molecule has 3 aromatic heterocycles. The molecule has 5 rings (SSSR count). The quantitative estimate of drug-likeness (QED) is 0.280. The molecular weight excluding hydrogens is 549 g/mol. The Labute approximate surface area is 230 Å². The van der Waals surface area contributed by atoms with Crippen molar-refractivity contribution in [3.63, 3.8) is 0 Å². The molecule has 0 spiro atoms. The van der Waals surface area contributed by atoms with Gasteiger partial charge in [0.05, 0.1) is 30.2 Å². The second kappa shape index (κ2) is 10.9. The summed E-state index contributed by atoms with van der Waals surface area (Å²) in [4.78, 5) is 31.6. The smallest absolute Gasteiger partial charge is 0.382 e. The second-order valence-electron chi connectivity index (χ2n) is 9.54. The molecule has 4 heterocycles. The van der Waals surface area contributed by atoms with E-state index in [1.807, 2.05) is 19.1 Å². The number of methoxy groups -OCH3 is 1. The monoisotopic (exact) mass is 576 g/mol. The van der Waals surface area contributed by atoms with Gasteiger partial charge in [-0.2, -0.15) is 23.4 Å². The summed E-state index contributed by atoms with van der Waals surface area (Å²) < 4.78 is 47.0. The van der Waals surface area contributed by atoms with Crippen molar-refractivity contribution in [2.24, 2.45) is 0 Å². The number of alkyl halides is 3. The number of aromatic nitrogens is 5. The lowest BCUT2D eigenvalue weighted by atomic mass is 10.1. The van der Waals surface area contributed by atoms with Crippen LogP contribution in [0.3, 0.4) is 0 Å². The van der Waals surface area contributed by atoms with E-state index in [0.29, 0.717) is 27.1 Å². The fourth-order valence-corrected chi connectivity index (χ4v) is 5.46. The van der Waals surface area contributed by atoms with Crippen molar-refractivity contribution < 1.29 is 27.5 Å². The minimum atomic E-state index is -4.50. The molecule has 2 amide bonds. The van der Waals surface area contributed by atoms with Crippen LogP contribution in [-0.4, -0.2) is 74.2 Å². The van der Waals surface area contributed by atoms with Gasteiger partial charge in [0.2, 0.25) is 5.91 Å². The Morgan fingerprint density at radius 1 is 1.25 bits per heavy atom. The molecule has 1 saturated heterocycles. The molecule has 15 heteroatoms. The first-order valence-electron chi connectivity index (χ1n) is 12.5. The molecule has 0 saturated carbocycles. The first kappa shape index (κ1) is 27.6. The average Bonchev–Trinajstić information content (AvgIpc) is 3.71. The van der Waals surface area contributed by atoms with Crippen LogP contribution in [0.4, 0.5) is 29.8 Å². The van der Waals surface area contributed by atoms with Crippen molar-refractivity contribution in [1.82, 2.24) is 29.9 Å². The van der Waals surface area contributed by atoms with Crippen molar-refractivity contribution in [2.75, 3.05) is 30.9 Å². The second-order valence-corrected chi connectivity index (χ2v) is 10.6. The number of nitrogens with zero attached hydrogens (tertiary/aromatic N) is 5. The lowest BCUT2D eigenvalue weighted by Gasteiger charge is -2.30. The summed E-state index contributed by atoms with van der Waals surface area (Å²) in [7, 11) is 1.37. The number of carbonyl (C=O) groups is 2. The Balaban J connectivity index is 1.31. The van der Waals surface area contributed by atoms with Gasteiger partial charge >= 0.3 is 6.18 Å². The number of ether oxygens (including phenoxy) is 1. The summed E-state index contributed by atoms with van der Waals surface area (Å²) in [6.07, 6.45) is 0.286. The predicted octanol–water partition coefficient (Wildman–Crippen LogP) is 4.57. The van der Waals surface area contributed by atoms with E-state index in [1.54, 1.807) is 19.3 Å². The summed E-state index contributed by atoms with van der Waals surface area (Å²) in [6, 6.07) is 0.865. The number of anilines is 3. The molecule has 0 bridgehead atoms. The van der Waals surface area contributed by atoms with Crippen LogP contribution >= 0.6 is 11.3 Å². The number of H-pyrrole nitrogens is 1. The van der Waals surface area contributed by atoms with Crippen LogP contribution in [0.5, 0.6) is 0 Å². The van der Waals surface area contributed by atoms with Gasteiger partial charge in [0.1, 0.15) is 10.9 Å². The molecule has 0 aliphatic carbocycles. The Morgan fingerprint density at radius 3 is 2.80 bits per heavy atom. The van der Waals surface area contributed by atoms with Gasteiger partial charge in [-0.25, -0.2) is 4.98 Å². The number of rotatable bonds is 8. The SMILES string of the molecule is COCC(C(=O)N1CCC[C@H]1C(F)(F)F)n1cc(C)c(Nc2ncc(C(=O)Nc3c(C)ccc4[nH]ncc34)s2)n1. The van der Waals surface area contributed by atoms with Crippen LogP contribution in [0.1, 0.15) is 39.7 Å². The molecule has 1 aliphatic rings. The van der Waals surface area contributed by atoms with Crippen LogP contribution in [0.2, 0.25) is 0 Å². The van der Waals surface area contributed by atoms with E-state index in [4.69, 9.17) is 4.74 Å². The van der Waals surface area contributed by atoms with Crippen LogP contribution < -0.4 is 10.6 Å². The number of likely N-dealkylation sites (tertiary alicyclic amines) is 1. The minimum Gasteiger partial charge on any atom is -0.382 e. The Kier molecular flexibility index (Phi) is 7.51. The Hall–Kier alpha value is -3.98. The Bertz CT molecular complexity index is 1550. The summed E-state index contributed by atoms with van der Waals surface area (Å²) in [5.41, 5.74) is 2.95. The third kappa shape index (κ3) is 5.38. The number of hydrogen-bond donors (Lipinski definition) is 3. The number of hydrogen-bond acceptors (Lipinski definition) is 8. The third-order valence-electron chi connectivity index (χ3n) is 6.78.